The molecule has 0 radical (unpaired) electrons. The van der Waals surface area contributed by atoms with Gasteiger partial charge >= 0.3 is 0 Å². The fraction of sp³-hybridized carbons (Fsp3) is 0.333. The number of amidine groups is 1. The number of aromatic nitrogens is 4. The third-order valence-electron chi connectivity index (χ3n) is 8.37. The number of aliphatic imine (C=N–C) groups is 1. The molecule has 0 saturated heterocycles. The average molecular weight is 610 g/mol. The number of carbonyl (C=O) groups is 2. The van der Waals surface area contributed by atoms with Crippen molar-refractivity contribution >= 4 is 17.6 Å². The van der Waals surface area contributed by atoms with E-state index < -0.39 is 11.4 Å². The summed E-state index contributed by atoms with van der Waals surface area (Å²) in [4.78, 5) is 39.1. The average Bonchev–Trinajstić information content (AvgIpc) is 3.81. The van der Waals surface area contributed by atoms with Crippen LogP contribution in [0.2, 0.25) is 0 Å². The van der Waals surface area contributed by atoms with Gasteiger partial charge in [-0.1, -0.05) is 91.6 Å². The number of hydrogen-bond donors (Lipinski definition) is 2. The Kier molecular flexibility index (Phi) is 8.90. The van der Waals surface area contributed by atoms with Gasteiger partial charge in [0.2, 0.25) is 5.82 Å². The molecule has 45 heavy (non-hydrogen) atoms. The number of rotatable bonds is 11. The summed E-state index contributed by atoms with van der Waals surface area (Å²) in [6, 6.07) is 22.2. The Balaban J connectivity index is 1.20. The summed E-state index contributed by atoms with van der Waals surface area (Å²) in [5.41, 5.74) is 3.82. The Morgan fingerprint density at radius 2 is 1.73 bits per heavy atom. The molecule has 1 fully saturated rings. The fourth-order valence-corrected chi connectivity index (χ4v) is 6.05. The predicted molar refractivity (Wildman–Crippen MR) is 164 cm³/mol. The molecule has 3 aromatic carbocycles. The molecule has 0 unspecified atom stereocenters. The molecule has 12 nitrogen and oxygen atoms in total. The molecule has 1 saturated carbocycles. The van der Waals surface area contributed by atoms with Crippen LogP contribution in [0.3, 0.4) is 0 Å². The van der Waals surface area contributed by atoms with E-state index in [1.807, 2.05) is 53.4 Å². The van der Waals surface area contributed by atoms with Crippen molar-refractivity contribution in [2.45, 2.75) is 70.6 Å². The molecule has 2 aliphatic rings. The van der Waals surface area contributed by atoms with Crippen molar-refractivity contribution < 1.29 is 24.8 Å². The van der Waals surface area contributed by atoms with E-state index in [0.717, 1.165) is 72.3 Å². The largest absolute Gasteiger partial charge is 0.297 e. The molecule has 1 aliphatic heterocycles. The van der Waals surface area contributed by atoms with Crippen molar-refractivity contribution in [1.29, 1.82) is 0 Å². The monoisotopic (exact) mass is 609 g/mol. The van der Waals surface area contributed by atoms with Crippen LogP contribution >= 0.6 is 0 Å². The molecular weight excluding hydrogens is 574 g/mol. The van der Waals surface area contributed by atoms with Gasteiger partial charge in [0.15, 0.2) is 0 Å². The van der Waals surface area contributed by atoms with Crippen molar-refractivity contribution in [2.75, 3.05) is 0 Å². The lowest BCUT2D eigenvalue weighted by Crippen LogP contribution is -2.40. The van der Waals surface area contributed by atoms with E-state index >= 15 is 0 Å². The Morgan fingerprint density at radius 3 is 2.47 bits per heavy atom. The quantitative estimate of drug-likeness (QED) is 0.212. The van der Waals surface area contributed by atoms with Crippen molar-refractivity contribution in [2.24, 2.45) is 4.99 Å². The maximum absolute atomic E-state index is 13.5. The van der Waals surface area contributed by atoms with Crippen LogP contribution < -0.4 is 0 Å². The zero-order chi connectivity index (χ0) is 31.4. The Labute approximate surface area is 260 Å². The second-order valence-electron chi connectivity index (χ2n) is 11.4. The molecular formula is C33H35N7O5. The maximum atomic E-state index is 13.5. The summed E-state index contributed by atoms with van der Waals surface area (Å²) in [6.45, 7) is 2.49. The van der Waals surface area contributed by atoms with E-state index in [9.17, 15) is 9.59 Å². The zero-order valence-corrected chi connectivity index (χ0v) is 25.0. The van der Waals surface area contributed by atoms with Crippen molar-refractivity contribution in [1.82, 2.24) is 30.5 Å². The van der Waals surface area contributed by atoms with Gasteiger partial charge in [-0.3, -0.25) is 29.9 Å². The van der Waals surface area contributed by atoms with Crippen LogP contribution in [-0.2, 0) is 22.8 Å². The van der Waals surface area contributed by atoms with Gasteiger partial charge in [-0.05, 0) is 58.9 Å². The molecule has 6 rings (SSSR count). The smallest absolute Gasteiger partial charge is 0.294 e. The van der Waals surface area contributed by atoms with Crippen LogP contribution in [0, 0.1) is 0 Å². The van der Waals surface area contributed by atoms with Gasteiger partial charge in [0.05, 0.1) is 18.5 Å². The van der Waals surface area contributed by atoms with Crippen LogP contribution in [0.1, 0.15) is 73.4 Å². The Morgan fingerprint density at radius 1 is 0.978 bits per heavy atom. The van der Waals surface area contributed by atoms with Gasteiger partial charge in [0.1, 0.15) is 11.4 Å². The summed E-state index contributed by atoms with van der Waals surface area (Å²) < 4.78 is 0. The molecule has 1 aliphatic carbocycles. The first-order chi connectivity index (χ1) is 21.9. The minimum absolute atomic E-state index is 0.145. The number of amides is 1. The van der Waals surface area contributed by atoms with Crippen molar-refractivity contribution in [3.05, 3.63) is 89.5 Å². The van der Waals surface area contributed by atoms with Gasteiger partial charge in [-0.2, -0.15) is 0 Å². The van der Waals surface area contributed by atoms with Gasteiger partial charge in [0, 0.05) is 17.5 Å². The van der Waals surface area contributed by atoms with E-state index in [1.54, 1.807) is 24.3 Å². The third-order valence-corrected chi connectivity index (χ3v) is 8.37. The van der Waals surface area contributed by atoms with Crippen LogP contribution in [0.5, 0.6) is 0 Å². The number of nitrogens with zero attached hydrogens (tertiary/aromatic N) is 7. The lowest BCUT2D eigenvalue weighted by molar-refractivity contribution is -0.497. The summed E-state index contributed by atoms with van der Waals surface area (Å²) in [5, 5.41) is 29.7. The molecule has 12 heteroatoms. The topological polar surface area (TPSA) is 146 Å². The molecule has 0 atom stereocenters. The second-order valence-corrected chi connectivity index (χ2v) is 11.4. The summed E-state index contributed by atoms with van der Waals surface area (Å²) in [7, 11) is 0. The van der Waals surface area contributed by atoms with Gasteiger partial charge in [-0.25, -0.2) is 4.84 Å². The molecule has 1 aromatic heterocycles. The summed E-state index contributed by atoms with van der Waals surface area (Å²) in [6.07, 6.45) is 6.66. The first-order valence-electron chi connectivity index (χ1n) is 15.2. The van der Waals surface area contributed by atoms with E-state index in [2.05, 4.69) is 27.2 Å². The highest BCUT2D eigenvalue weighted by atomic mass is 17.1. The number of hydrogen-bond acceptors (Lipinski definition) is 10. The first kappa shape index (κ1) is 30.4. The van der Waals surface area contributed by atoms with Crippen molar-refractivity contribution in [3.8, 4) is 22.5 Å². The summed E-state index contributed by atoms with van der Waals surface area (Å²) >= 11 is 0. The van der Waals surface area contributed by atoms with Gasteiger partial charge < -0.3 is 0 Å². The number of benzene rings is 3. The van der Waals surface area contributed by atoms with Crippen LogP contribution in [0.25, 0.3) is 22.5 Å². The first-order valence-corrected chi connectivity index (χ1v) is 15.2. The zero-order valence-electron chi connectivity index (χ0n) is 25.0. The van der Waals surface area contributed by atoms with Gasteiger partial charge in [-0.15, -0.1) is 10.2 Å². The Bertz CT molecular complexity index is 1710. The molecule has 1 spiro atoms. The number of tetrazole rings is 1. The van der Waals surface area contributed by atoms with Crippen LogP contribution in [-0.4, -0.2) is 64.1 Å². The van der Waals surface area contributed by atoms with E-state index in [1.165, 1.54) is 0 Å². The lowest BCUT2D eigenvalue weighted by atomic mass is 9.97. The van der Waals surface area contributed by atoms with Gasteiger partial charge in [0.25, 0.3) is 11.8 Å². The predicted octanol–water partition coefficient (Wildman–Crippen LogP) is 5.45. The maximum Gasteiger partial charge on any atom is 0.297 e. The second kappa shape index (κ2) is 13.2. The highest BCUT2D eigenvalue weighted by molar-refractivity contribution is 6.08. The number of unbranched alkanes of at least 4 members (excludes halogenated alkanes) is 1. The molecule has 232 valence electrons. The number of carbonyl (C=O) groups excluding carboxylic acids is 2. The van der Waals surface area contributed by atoms with E-state index in [4.69, 9.17) is 15.4 Å². The highest BCUT2D eigenvalue weighted by Gasteiger charge is 2.49. The summed E-state index contributed by atoms with van der Waals surface area (Å²) in [5.74, 6) is 0.857. The minimum Gasteiger partial charge on any atom is -0.294 e. The van der Waals surface area contributed by atoms with Crippen LogP contribution in [0.15, 0.2) is 77.8 Å². The highest BCUT2D eigenvalue weighted by Crippen LogP contribution is 2.40. The molecule has 0 bridgehead atoms. The lowest BCUT2D eigenvalue weighted by Gasteiger charge is -2.23. The molecule has 2 heterocycles. The van der Waals surface area contributed by atoms with Crippen molar-refractivity contribution in [3.63, 3.8) is 0 Å². The molecule has 4 aromatic rings. The standard InChI is InChI=1S/C33H35N7O5/c1-2-3-13-29-34-33(18-6-7-19-33)32(42)38(29)21-23-14-16-25(17-15-23)27-11-4-5-12-28(27)30-35-37-39(36-30)31(41)26-10-8-9-24(20-26)22-45-40(43)44/h4-5,8-12,14-17,20,43-44H,2-3,6-7,13,18-19,21-22H2,1H3. The fourth-order valence-electron chi connectivity index (χ4n) is 6.05. The van der Waals surface area contributed by atoms with Crippen LogP contribution in [0.4, 0.5) is 0 Å². The third kappa shape index (κ3) is 6.45. The molecule has 1 amide bonds. The normalized spacial score (nSPS) is 15.8. The molecule has 2 N–H and O–H groups in total. The van der Waals surface area contributed by atoms with E-state index in [0.29, 0.717) is 23.5 Å². The minimum atomic E-state index is -0.549. The Hall–Kier alpha value is -4.62. The van der Waals surface area contributed by atoms with E-state index in [-0.39, 0.29) is 23.5 Å². The SMILES string of the molecule is CCCCC1=NC2(CCCC2)C(=O)N1Cc1ccc(-c2ccccc2-c2nnn(C(=O)c3cccc(CON(O)O)c3)n2)cc1.